The van der Waals surface area contributed by atoms with Crippen LogP contribution < -0.4 is 5.32 Å². The van der Waals surface area contributed by atoms with E-state index in [9.17, 15) is 9.59 Å². The van der Waals surface area contributed by atoms with Crippen LogP contribution in [0.25, 0.3) is 0 Å². The van der Waals surface area contributed by atoms with Crippen molar-refractivity contribution in [3.63, 3.8) is 0 Å². The second-order valence-electron chi connectivity index (χ2n) is 5.95. The third kappa shape index (κ3) is 6.29. The van der Waals surface area contributed by atoms with Crippen molar-refractivity contribution in [3.8, 4) is 0 Å². The van der Waals surface area contributed by atoms with E-state index in [0.29, 0.717) is 12.8 Å². The Kier molecular flexibility index (Phi) is 5.66. The molecule has 4 nitrogen and oxygen atoms in total. The van der Waals surface area contributed by atoms with Crippen molar-refractivity contribution in [2.45, 2.75) is 65.8 Å². The minimum absolute atomic E-state index is 0.180. The van der Waals surface area contributed by atoms with E-state index >= 15 is 0 Å². The third-order valence-electron chi connectivity index (χ3n) is 2.93. The lowest BCUT2D eigenvalue weighted by atomic mass is 9.89. The second kappa shape index (κ2) is 6.03. The van der Waals surface area contributed by atoms with Crippen molar-refractivity contribution in [3.05, 3.63) is 0 Å². The molecule has 17 heavy (non-hydrogen) atoms. The fourth-order valence-corrected chi connectivity index (χ4v) is 1.44. The Balaban J connectivity index is 4.14. The molecule has 0 aliphatic heterocycles. The molecule has 4 heteroatoms. The van der Waals surface area contributed by atoms with Gasteiger partial charge in [0.15, 0.2) is 0 Å². The summed E-state index contributed by atoms with van der Waals surface area (Å²) in [4.78, 5) is 22.6. The smallest absolute Gasteiger partial charge is 0.329 e. The Morgan fingerprint density at radius 2 is 1.71 bits per heavy atom. The van der Waals surface area contributed by atoms with Gasteiger partial charge in [0.25, 0.3) is 0 Å². The van der Waals surface area contributed by atoms with Crippen LogP contribution in [0.5, 0.6) is 0 Å². The standard InChI is InChI=1S/C13H25NO3/c1-6-13(5,11(16)17)14-10(15)8-7-9-12(2,3)4/h6-9H2,1-5H3,(H,14,15)(H,16,17). The van der Waals surface area contributed by atoms with E-state index in [1.807, 2.05) is 0 Å². The molecule has 0 saturated carbocycles. The van der Waals surface area contributed by atoms with Crippen LogP contribution in [0, 0.1) is 5.41 Å². The van der Waals surface area contributed by atoms with E-state index in [1.165, 1.54) is 6.92 Å². The Morgan fingerprint density at radius 3 is 2.06 bits per heavy atom. The first-order chi connectivity index (χ1) is 7.60. The maximum atomic E-state index is 11.6. The van der Waals surface area contributed by atoms with Gasteiger partial charge in [-0.25, -0.2) is 4.79 Å². The highest BCUT2D eigenvalue weighted by Crippen LogP contribution is 2.21. The van der Waals surface area contributed by atoms with E-state index in [4.69, 9.17) is 5.11 Å². The van der Waals surface area contributed by atoms with Crippen LogP contribution in [0.2, 0.25) is 0 Å². The van der Waals surface area contributed by atoms with Crippen molar-refractivity contribution in [2.75, 3.05) is 0 Å². The minimum Gasteiger partial charge on any atom is -0.480 e. The zero-order chi connectivity index (χ0) is 13.7. The zero-order valence-corrected chi connectivity index (χ0v) is 11.6. The quantitative estimate of drug-likeness (QED) is 0.753. The molecule has 1 amide bonds. The lowest BCUT2D eigenvalue weighted by molar-refractivity contribution is -0.147. The summed E-state index contributed by atoms with van der Waals surface area (Å²) in [5.74, 6) is -1.16. The van der Waals surface area contributed by atoms with E-state index in [2.05, 4.69) is 26.1 Å². The maximum Gasteiger partial charge on any atom is 0.329 e. The molecule has 0 heterocycles. The Hall–Kier alpha value is -1.06. The van der Waals surface area contributed by atoms with Crippen LogP contribution in [0.4, 0.5) is 0 Å². The minimum atomic E-state index is -1.14. The predicted molar refractivity (Wildman–Crippen MR) is 67.8 cm³/mol. The van der Waals surface area contributed by atoms with Crippen molar-refractivity contribution >= 4 is 11.9 Å². The molecule has 0 aromatic heterocycles. The maximum absolute atomic E-state index is 11.6. The summed E-state index contributed by atoms with van der Waals surface area (Å²) in [5.41, 5.74) is -0.931. The van der Waals surface area contributed by atoms with Gasteiger partial charge in [0.05, 0.1) is 0 Å². The fraction of sp³-hybridized carbons (Fsp3) is 0.846. The Morgan fingerprint density at radius 1 is 1.18 bits per heavy atom. The number of carboxylic acid groups (broad SMARTS) is 1. The van der Waals surface area contributed by atoms with Crippen molar-refractivity contribution in [1.29, 1.82) is 0 Å². The fourth-order valence-electron chi connectivity index (χ4n) is 1.44. The van der Waals surface area contributed by atoms with Gasteiger partial charge in [0.1, 0.15) is 5.54 Å². The number of hydrogen-bond acceptors (Lipinski definition) is 2. The lowest BCUT2D eigenvalue weighted by Gasteiger charge is -2.25. The Bertz CT molecular complexity index is 281. The molecule has 1 atom stereocenters. The number of carboxylic acids is 1. The van der Waals surface area contributed by atoms with Gasteiger partial charge in [-0.1, -0.05) is 27.7 Å². The summed E-state index contributed by atoms with van der Waals surface area (Å²) >= 11 is 0. The number of aliphatic carboxylic acids is 1. The average Bonchev–Trinajstić information content (AvgIpc) is 2.15. The van der Waals surface area contributed by atoms with Crippen LogP contribution in [0.15, 0.2) is 0 Å². The van der Waals surface area contributed by atoms with Gasteiger partial charge in [0, 0.05) is 6.42 Å². The van der Waals surface area contributed by atoms with Crippen molar-refractivity contribution < 1.29 is 14.7 Å². The van der Waals surface area contributed by atoms with E-state index in [0.717, 1.165) is 12.8 Å². The van der Waals surface area contributed by atoms with Gasteiger partial charge < -0.3 is 10.4 Å². The molecule has 0 aromatic carbocycles. The molecule has 1 unspecified atom stereocenters. The van der Waals surface area contributed by atoms with Crippen LogP contribution in [-0.4, -0.2) is 22.5 Å². The number of carbonyl (C=O) groups is 2. The molecule has 0 saturated heterocycles. The molecule has 0 aromatic rings. The zero-order valence-electron chi connectivity index (χ0n) is 11.6. The van der Waals surface area contributed by atoms with Crippen LogP contribution in [-0.2, 0) is 9.59 Å². The molecular formula is C13H25NO3. The molecule has 0 aliphatic carbocycles. The summed E-state index contributed by atoms with van der Waals surface area (Å²) in [5, 5.41) is 11.6. The molecule has 0 rings (SSSR count). The number of carbonyl (C=O) groups excluding carboxylic acids is 1. The van der Waals surface area contributed by atoms with Gasteiger partial charge in [-0.05, 0) is 31.6 Å². The summed E-state index contributed by atoms with van der Waals surface area (Å²) < 4.78 is 0. The van der Waals surface area contributed by atoms with Gasteiger partial charge in [0.2, 0.25) is 5.91 Å². The first-order valence-electron chi connectivity index (χ1n) is 6.15. The monoisotopic (exact) mass is 243 g/mol. The number of amides is 1. The van der Waals surface area contributed by atoms with Crippen LogP contribution in [0.1, 0.15) is 60.3 Å². The first-order valence-corrected chi connectivity index (χ1v) is 6.15. The summed E-state index contributed by atoms with van der Waals surface area (Å²) in [6.07, 6.45) is 2.51. The first kappa shape index (κ1) is 15.9. The molecule has 100 valence electrons. The summed E-state index contributed by atoms with van der Waals surface area (Å²) in [6, 6.07) is 0. The summed E-state index contributed by atoms with van der Waals surface area (Å²) in [7, 11) is 0. The molecule has 0 fully saturated rings. The third-order valence-corrected chi connectivity index (χ3v) is 2.93. The highest BCUT2D eigenvalue weighted by molar-refractivity contribution is 5.86. The molecule has 0 radical (unpaired) electrons. The number of nitrogens with one attached hydrogen (secondary N) is 1. The number of rotatable bonds is 6. The highest BCUT2D eigenvalue weighted by Gasteiger charge is 2.32. The van der Waals surface area contributed by atoms with Gasteiger partial charge in [-0.15, -0.1) is 0 Å². The number of hydrogen-bond donors (Lipinski definition) is 2. The normalized spacial score (nSPS) is 15.1. The SMILES string of the molecule is CCC(C)(NC(=O)CCCC(C)(C)C)C(=O)O. The second-order valence-corrected chi connectivity index (χ2v) is 5.95. The average molecular weight is 243 g/mol. The molecule has 0 bridgehead atoms. The molecule has 0 aliphatic rings. The van der Waals surface area contributed by atoms with Crippen LogP contribution >= 0.6 is 0 Å². The van der Waals surface area contributed by atoms with Crippen molar-refractivity contribution in [2.24, 2.45) is 5.41 Å². The topological polar surface area (TPSA) is 66.4 Å². The molecular weight excluding hydrogens is 218 g/mol. The molecule has 0 spiro atoms. The Labute approximate surface area is 104 Å². The highest BCUT2D eigenvalue weighted by atomic mass is 16.4. The van der Waals surface area contributed by atoms with E-state index in [1.54, 1.807) is 6.92 Å². The van der Waals surface area contributed by atoms with Gasteiger partial charge in [-0.2, -0.15) is 0 Å². The lowest BCUT2D eigenvalue weighted by Crippen LogP contribution is -2.51. The predicted octanol–water partition coefficient (Wildman–Crippen LogP) is 2.57. The summed E-state index contributed by atoms with van der Waals surface area (Å²) in [6.45, 7) is 9.66. The van der Waals surface area contributed by atoms with Gasteiger partial charge in [-0.3, -0.25) is 4.79 Å². The van der Waals surface area contributed by atoms with Gasteiger partial charge >= 0.3 is 5.97 Å². The largest absolute Gasteiger partial charge is 0.480 e. The van der Waals surface area contributed by atoms with E-state index in [-0.39, 0.29) is 11.3 Å². The van der Waals surface area contributed by atoms with Crippen LogP contribution in [0.3, 0.4) is 0 Å². The van der Waals surface area contributed by atoms with E-state index < -0.39 is 11.5 Å². The molecule has 2 N–H and O–H groups in total. The van der Waals surface area contributed by atoms with Crippen molar-refractivity contribution in [1.82, 2.24) is 5.32 Å².